The van der Waals surface area contributed by atoms with Crippen molar-refractivity contribution in [2.75, 3.05) is 19.6 Å². The lowest BCUT2D eigenvalue weighted by Gasteiger charge is -2.17. The van der Waals surface area contributed by atoms with E-state index in [0.29, 0.717) is 4.90 Å². The maximum atomic E-state index is 13.1. The van der Waals surface area contributed by atoms with Crippen LogP contribution in [0.4, 0.5) is 0 Å². The largest absolute Gasteiger partial charge is 0.361 e. The summed E-state index contributed by atoms with van der Waals surface area (Å²) in [4.78, 5) is 6.00. The summed E-state index contributed by atoms with van der Waals surface area (Å²) in [7, 11) is -1.65. The van der Waals surface area contributed by atoms with Crippen LogP contribution < -0.4 is 4.72 Å². The zero-order chi connectivity index (χ0) is 22.3. The molecule has 1 saturated heterocycles. The predicted octanol–water partition coefficient (Wildman–Crippen LogP) is 4.30. The van der Waals surface area contributed by atoms with E-state index in [0.717, 1.165) is 60.3 Å². The van der Waals surface area contributed by atoms with Gasteiger partial charge in [0.1, 0.15) is 0 Å². The summed E-state index contributed by atoms with van der Waals surface area (Å²) < 4.78 is 31.0. The molecule has 1 fully saturated rings. The summed E-state index contributed by atoms with van der Waals surface area (Å²) in [5.41, 5.74) is 3.29. The monoisotopic (exact) mass is 470 g/mol. The van der Waals surface area contributed by atoms with Crippen LogP contribution in [0.15, 0.2) is 59.8 Å². The molecule has 2 aromatic heterocycles. The number of fused-ring (bicyclic) bond motifs is 2. The molecule has 2 N–H and O–H groups in total. The van der Waals surface area contributed by atoms with E-state index in [1.54, 1.807) is 12.1 Å². The normalized spacial score (nSPS) is 17.6. The molecular formula is C24H27ClN4O2S. The van der Waals surface area contributed by atoms with Gasteiger partial charge in [-0.2, -0.15) is 0 Å². The molecule has 168 valence electrons. The Morgan fingerprint density at radius 1 is 1.19 bits per heavy atom. The van der Waals surface area contributed by atoms with Gasteiger partial charge in [-0.05, 0) is 74.3 Å². The van der Waals surface area contributed by atoms with Gasteiger partial charge in [-0.1, -0.05) is 17.7 Å². The van der Waals surface area contributed by atoms with Gasteiger partial charge < -0.3 is 14.5 Å². The zero-order valence-corrected chi connectivity index (χ0v) is 19.6. The van der Waals surface area contributed by atoms with Crippen molar-refractivity contribution in [2.45, 2.75) is 30.2 Å². The highest BCUT2D eigenvalue weighted by molar-refractivity contribution is 7.89. The molecule has 0 spiro atoms. The molecule has 0 amide bonds. The lowest BCUT2D eigenvalue weighted by atomic mass is 10.1. The van der Waals surface area contributed by atoms with E-state index >= 15 is 0 Å². The lowest BCUT2D eigenvalue weighted by Crippen LogP contribution is -2.37. The molecule has 0 aliphatic carbocycles. The van der Waals surface area contributed by atoms with E-state index in [1.165, 1.54) is 10.9 Å². The van der Waals surface area contributed by atoms with Crippen molar-refractivity contribution in [2.24, 2.45) is 7.05 Å². The topological polar surface area (TPSA) is 70.1 Å². The SMILES string of the molecule is Cn1ccc2c(S(=O)(=O)NC3CCN(CCCc4c[nH]c5ccc(Cl)cc45)C3)cccc21. The summed E-state index contributed by atoms with van der Waals surface area (Å²) in [5.74, 6) is 0. The second-order valence-electron chi connectivity index (χ2n) is 8.63. The standard InChI is InChI=1S/C24H27ClN4O2S/c1-28-12-10-20-23(28)5-2-6-24(20)32(30,31)27-19-9-13-29(16-19)11-3-4-17-15-26-22-8-7-18(25)14-21(17)22/h2,5-8,10,12,14-15,19,26-27H,3-4,9,11,13,16H2,1H3. The quantitative estimate of drug-likeness (QED) is 0.423. The van der Waals surface area contributed by atoms with Gasteiger partial charge in [-0.15, -0.1) is 0 Å². The summed E-state index contributed by atoms with van der Waals surface area (Å²) in [5, 5.41) is 2.69. The molecule has 0 radical (unpaired) electrons. The van der Waals surface area contributed by atoms with E-state index in [1.807, 2.05) is 48.1 Å². The fraction of sp³-hybridized carbons (Fsp3) is 0.333. The van der Waals surface area contributed by atoms with Gasteiger partial charge in [-0.3, -0.25) is 0 Å². The van der Waals surface area contributed by atoms with Gasteiger partial charge in [0.15, 0.2) is 0 Å². The van der Waals surface area contributed by atoms with Crippen molar-refractivity contribution in [3.8, 4) is 0 Å². The Balaban J connectivity index is 1.19. The number of hydrogen-bond acceptors (Lipinski definition) is 3. The van der Waals surface area contributed by atoms with E-state index < -0.39 is 10.0 Å². The highest BCUT2D eigenvalue weighted by Gasteiger charge is 2.28. The van der Waals surface area contributed by atoms with E-state index in [2.05, 4.69) is 20.8 Å². The first-order chi connectivity index (χ1) is 15.4. The van der Waals surface area contributed by atoms with E-state index in [-0.39, 0.29) is 6.04 Å². The lowest BCUT2D eigenvalue weighted by molar-refractivity contribution is 0.327. The van der Waals surface area contributed by atoms with Crippen LogP contribution in [0.1, 0.15) is 18.4 Å². The second kappa shape index (κ2) is 8.56. The Hall–Kier alpha value is -2.32. The Kier molecular flexibility index (Phi) is 5.75. The third kappa shape index (κ3) is 4.18. The average molecular weight is 471 g/mol. The fourth-order valence-electron chi connectivity index (χ4n) is 4.77. The average Bonchev–Trinajstić information content (AvgIpc) is 3.47. The molecule has 2 aromatic carbocycles. The molecule has 6 nitrogen and oxygen atoms in total. The van der Waals surface area contributed by atoms with Gasteiger partial charge in [-0.25, -0.2) is 13.1 Å². The number of H-pyrrole nitrogens is 1. The Bertz CT molecular complexity index is 1380. The zero-order valence-electron chi connectivity index (χ0n) is 18.0. The third-order valence-electron chi connectivity index (χ3n) is 6.42. The van der Waals surface area contributed by atoms with E-state index in [4.69, 9.17) is 11.6 Å². The van der Waals surface area contributed by atoms with Crippen LogP contribution in [0.25, 0.3) is 21.8 Å². The Morgan fingerprint density at radius 3 is 2.94 bits per heavy atom. The molecule has 0 saturated carbocycles. The number of halogens is 1. The van der Waals surface area contributed by atoms with Gasteiger partial charge in [0.25, 0.3) is 0 Å². The number of nitrogens with one attached hydrogen (secondary N) is 2. The minimum Gasteiger partial charge on any atom is -0.361 e. The van der Waals surface area contributed by atoms with Crippen LogP contribution in [0.3, 0.4) is 0 Å². The minimum absolute atomic E-state index is 0.0640. The van der Waals surface area contributed by atoms with Gasteiger partial charge in [0, 0.05) is 58.9 Å². The van der Waals surface area contributed by atoms with Crippen LogP contribution in [0.2, 0.25) is 5.02 Å². The number of likely N-dealkylation sites (tertiary alicyclic amines) is 1. The van der Waals surface area contributed by atoms with Crippen LogP contribution in [0, 0.1) is 0 Å². The first-order valence-electron chi connectivity index (χ1n) is 10.9. The minimum atomic E-state index is -3.57. The van der Waals surface area contributed by atoms with Crippen LogP contribution in [0.5, 0.6) is 0 Å². The van der Waals surface area contributed by atoms with Crippen molar-refractivity contribution in [1.82, 2.24) is 19.2 Å². The Labute approximate surface area is 193 Å². The fourth-order valence-corrected chi connectivity index (χ4v) is 6.42. The molecule has 8 heteroatoms. The molecule has 0 bridgehead atoms. The summed E-state index contributed by atoms with van der Waals surface area (Å²) in [6.45, 7) is 2.59. The van der Waals surface area contributed by atoms with Crippen molar-refractivity contribution in [3.63, 3.8) is 0 Å². The van der Waals surface area contributed by atoms with Crippen LogP contribution in [-0.2, 0) is 23.5 Å². The van der Waals surface area contributed by atoms with Crippen molar-refractivity contribution < 1.29 is 8.42 Å². The van der Waals surface area contributed by atoms with Crippen molar-refractivity contribution >= 4 is 43.4 Å². The number of hydrogen-bond donors (Lipinski definition) is 2. The van der Waals surface area contributed by atoms with Crippen LogP contribution in [-0.4, -0.2) is 48.5 Å². The maximum absolute atomic E-state index is 13.1. The number of nitrogens with zero attached hydrogens (tertiary/aromatic N) is 2. The smallest absolute Gasteiger partial charge is 0.241 e. The highest BCUT2D eigenvalue weighted by Crippen LogP contribution is 2.25. The first-order valence-corrected chi connectivity index (χ1v) is 12.8. The number of aryl methyl sites for hydroxylation is 2. The van der Waals surface area contributed by atoms with Crippen molar-refractivity contribution in [3.05, 3.63) is 65.4 Å². The number of aromatic amines is 1. The highest BCUT2D eigenvalue weighted by atomic mass is 35.5. The van der Waals surface area contributed by atoms with Crippen LogP contribution >= 0.6 is 11.6 Å². The first kappa shape index (κ1) is 21.5. The number of benzene rings is 2. The van der Waals surface area contributed by atoms with Gasteiger partial charge in [0.2, 0.25) is 10.0 Å². The maximum Gasteiger partial charge on any atom is 0.241 e. The molecular weight excluding hydrogens is 444 g/mol. The summed E-state index contributed by atoms with van der Waals surface area (Å²) in [6.07, 6.45) is 6.76. The van der Waals surface area contributed by atoms with E-state index in [9.17, 15) is 8.42 Å². The third-order valence-corrected chi connectivity index (χ3v) is 8.24. The summed E-state index contributed by atoms with van der Waals surface area (Å²) in [6, 6.07) is 13.1. The number of sulfonamides is 1. The van der Waals surface area contributed by atoms with Gasteiger partial charge in [0.05, 0.1) is 4.90 Å². The summed E-state index contributed by atoms with van der Waals surface area (Å²) >= 11 is 6.15. The molecule has 1 atom stereocenters. The number of rotatable bonds is 7. The molecule has 4 aromatic rings. The number of aromatic nitrogens is 2. The molecule has 32 heavy (non-hydrogen) atoms. The van der Waals surface area contributed by atoms with Crippen molar-refractivity contribution in [1.29, 1.82) is 0 Å². The molecule has 1 aliphatic rings. The molecule has 1 aliphatic heterocycles. The Morgan fingerprint density at radius 2 is 2.06 bits per heavy atom. The molecule has 1 unspecified atom stereocenters. The second-order valence-corrected chi connectivity index (χ2v) is 10.7. The predicted molar refractivity (Wildman–Crippen MR) is 130 cm³/mol. The molecule has 3 heterocycles. The van der Waals surface area contributed by atoms with Gasteiger partial charge >= 0.3 is 0 Å². The molecule has 5 rings (SSSR count).